The molecule has 1 unspecified atom stereocenters. The van der Waals surface area contributed by atoms with E-state index in [9.17, 15) is 0 Å². The molecule has 0 amide bonds. The summed E-state index contributed by atoms with van der Waals surface area (Å²) in [6.07, 6.45) is 7.98. The van der Waals surface area contributed by atoms with Gasteiger partial charge in [-0.1, -0.05) is 13.3 Å². The molecule has 102 valence electrons. The van der Waals surface area contributed by atoms with Crippen LogP contribution in [0.4, 0.5) is 0 Å². The average molecular weight is 241 g/mol. The van der Waals surface area contributed by atoms with Gasteiger partial charge in [0.2, 0.25) is 0 Å². The van der Waals surface area contributed by atoms with Gasteiger partial charge in [-0.05, 0) is 58.8 Å². The van der Waals surface area contributed by atoms with E-state index < -0.39 is 0 Å². The van der Waals surface area contributed by atoms with Crippen molar-refractivity contribution in [3.05, 3.63) is 0 Å². The number of hydrogen-bond acceptors (Lipinski definition) is 2. The summed E-state index contributed by atoms with van der Waals surface area (Å²) in [6.45, 7) is 8.94. The molecule has 1 rings (SSSR count). The summed E-state index contributed by atoms with van der Waals surface area (Å²) in [5.41, 5.74) is -0.00691. The molecule has 1 aliphatic carbocycles. The molecule has 0 aromatic heterocycles. The van der Waals surface area contributed by atoms with Crippen LogP contribution in [0.5, 0.6) is 0 Å². The zero-order valence-corrected chi connectivity index (χ0v) is 12.4. The van der Waals surface area contributed by atoms with E-state index in [-0.39, 0.29) is 5.60 Å². The van der Waals surface area contributed by atoms with Gasteiger partial charge in [0, 0.05) is 19.2 Å². The monoisotopic (exact) mass is 241 g/mol. The molecule has 17 heavy (non-hydrogen) atoms. The summed E-state index contributed by atoms with van der Waals surface area (Å²) in [5.74, 6) is 0.985. The van der Waals surface area contributed by atoms with Crippen LogP contribution in [0.25, 0.3) is 0 Å². The van der Waals surface area contributed by atoms with Crippen molar-refractivity contribution in [2.45, 2.75) is 83.9 Å². The van der Waals surface area contributed by atoms with Gasteiger partial charge in [0.1, 0.15) is 0 Å². The molecule has 1 saturated carbocycles. The lowest BCUT2D eigenvalue weighted by Crippen LogP contribution is -2.42. The van der Waals surface area contributed by atoms with Crippen molar-refractivity contribution in [2.75, 3.05) is 7.11 Å². The standard InChI is InChI=1S/C15H31NO/c1-6-13-7-9-14(10-8-13)16-12(2)11-15(3,4)17-5/h12-14,16H,6-11H2,1-5H3. The van der Waals surface area contributed by atoms with Crippen molar-refractivity contribution >= 4 is 0 Å². The predicted molar refractivity (Wildman–Crippen MR) is 74.3 cm³/mol. The van der Waals surface area contributed by atoms with Gasteiger partial charge in [-0.2, -0.15) is 0 Å². The van der Waals surface area contributed by atoms with Gasteiger partial charge in [0.25, 0.3) is 0 Å². The zero-order valence-electron chi connectivity index (χ0n) is 12.4. The second kappa shape index (κ2) is 6.75. The van der Waals surface area contributed by atoms with Crippen LogP contribution < -0.4 is 5.32 Å². The molecule has 0 saturated heterocycles. The van der Waals surface area contributed by atoms with E-state index in [0.717, 1.165) is 18.4 Å². The average Bonchev–Trinajstić information content (AvgIpc) is 2.29. The number of ether oxygens (including phenoxy) is 1. The lowest BCUT2D eigenvalue weighted by atomic mass is 9.84. The summed E-state index contributed by atoms with van der Waals surface area (Å²) >= 11 is 0. The highest BCUT2D eigenvalue weighted by molar-refractivity contribution is 4.82. The number of hydrogen-bond donors (Lipinski definition) is 1. The molecular formula is C15H31NO. The van der Waals surface area contributed by atoms with Gasteiger partial charge >= 0.3 is 0 Å². The Balaban J connectivity index is 2.25. The maximum absolute atomic E-state index is 5.49. The van der Waals surface area contributed by atoms with Crippen LogP contribution in [0.15, 0.2) is 0 Å². The first kappa shape index (κ1) is 15.0. The van der Waals surface area contributed by atoms with Crippen molar-refractivity contribution < 1.29 is 4.74 Å². The Bertz CT molecular complexity index is 207. The molecular weight excluding hydrogens is 210 g/mol. The second-order valence-corrected chi connectivity index (χ2v) is 6.36. The van der Waals surface area contributed by atoms with Crippen molar-refractivity contribution in [3.63, 3.8) is 0 Å². The summed E-state index contributed by atoms with van der Waals surface area (Å²) in [4.78, 5) is 0. The maximum Gasteiger partial charge on any atom is 0.0637 e. The summed E-state index contributed by atoms with van der Waals surface area (Å²) < 4.78 is 5.49. The quantitative estimate of drug-likeness (QED) is 0.764. The Hall–Kier alpha value is -0.0800. The molecule has 0 bridgehead atoms. The van der Waals surface area contributed by atoms with E-state index in [1.54, 1.807) is 7.11 Å². The topological polar surface area (TPSA) is 21.3 Å². The maximum atomic E-state index is 5.49. The first-order chi connectivity index (χ1) is 7.96. The molecule has 0 radical (unpaired) electrons. The van der Waals surface area contributed by atoms with Gasteiger partial charge in [-0.25, -0.2) is 0 Å². The van der Waals surface area contributed by atoms with Gasteiger partial charge in [0.15, 0.2) is 0 Å². The highest BCUT2D eigenvalue weighted by atomic mass is 16.5. The fourth-order valence-electron chi connectivity index (χ4n) is 3.02. The Kier molecular flexibility index (Phi) is 5.94. The van der Waals surface area contributed by atoms with Crippen LogP contribution in [-0.2, 0) is 4.74 Å². The number of rotatable bonds is 6. The Morgan fingerprint density at radius 2 is 1.82 bits per heavy atom. The Labute approximate surface area is 108 Å². The van der Waals surface area contributed by atoms with Crippen LogP contribution in [0, 0.1) is 5.92 Å². The minimum atomic E-state index is -0.00691. The second-order valence-electron chi connectivity index (χ2n) is 6.36. The molecule has 1 N–H and O–H groups in total. The molecule has 1 aliphatic rings. The largest absolute Gasteiger partial charge is 0.379 e. The number of methoxy groups -OCH3 is 1. The molecule has 2 heteroatoms. The zero-order chi connectivity index (χ0) is 12.9. The molecule has 2 nitrogen and oxygen atoms in total. The molecule has 0 aliphatic heterocycles. The van der Waals surface area contributed by atoms with Crippen molar-refractivity contribution in [2.24, 2.45) is 5.92 Å². The van der Waals surface area contributed by atoms with Gasteiger partial charge in [-0.15, -0.1) is 0 Å². The molecule has 0 aromatic carbocycles. The molecule has 1 atom stereocenters. The molecule has 0 aromatic rings. The SMILES string of the molecule is CCC1CCC(NC(C)CC(C)(C)OC)CC1. The van der Waals surface area contributed by atoms with Crippen LogP contribution >= 0.6 is 0 Å². The highest BCUT2D eigenvalue weighted by Gasteiger charge is 2.24. The molecule has 0 heterocycles. The van der Waals surface area contributed by atoms with Gasteiger partial charge < -0.3 is 10.1 Å². The third kappa shape index (κ3) is 5.39. The minimum Gasteiger partial charge on any atom is -0.379 e. The molecule has 1 fully saturated rings. The fourth-order valence-corrected chi connectivity index (χ4v) is 3.02. The van der Waals surface area contributed by atoms with E-state index in [1.165, 1.54) is 32.1 Å². The van der Waals surface area contributed by atoms with Crippen LogP contribution in [-0.4, -0.2) is 24.8 Å². The van der Waals surface area contributed by atoms with Crippen molar-refractivity contribution in [1.82, 2.24) is 5.32 Å². The van der Waals surface area contributed by atoms with Crippen LogP contribution in [0.2, 0.25) is 0 Å². The smallest absolute Gasteiger partial charge is 0.0637 e. The normalized spacial score (nSPS) is 28.1. The van der Waals surface area contributed by atoms with Crippen LogP contribution in [0.1, 0.15) is 66.2 Å². The predicted octanol–water partition coefficient (Wildman–Crippen LogP) is 3.75. The third-order valence-electron chi connectivity index (χ3n) is 4.29. The summed E-state index contributed by atoms with van der Waals surface area (Å²) in [6, 6.07) is 1.29. The Morgan fingerprint density at radius 3 is 2.29 bits per heavy atom. The minimum absolute atomic E-state index is 0.00691. The van der Waals surface area contributed by atoms with Gasteiger partial charge in [0.05, 0.1) is 5.60 Å². The first-order valence-electron chi connectivity index (χ1n) is 7.28. The van der Waals surface area contributed by atoms with Gasteiger partial charge in [-0.3, -0.25) is 0 Å². The Morgan fingerprint density at radius 1 is 1.24 bits per heavy atom. The summed E-state index contributed by atoms with van der Waals surface area (Å²) in [5, 5.41) is 3.77. The van der Waals surface area contributed by atoms with E-state index in [2.05, 4.69) is 33.0 Å². The number of nitrogens with one attached hydrogen (secondary N) is 1. The summed E-state index contributed by atoms with van der Waals surface area (Å²) in [7, 11) is 1.80. The van der Waals surface area contributed by atoms with E-state index >= 15 is 0 Å². The van der Waals surface area contributed by atoms with E-state index in [1.807, 2.05) is 0 Å². The van der Waals surface area contributed by atoms with E-state index in [4.69, 9.17) is 4.74 Å². The molecule has 0 spiro atoms. The fraction of sp³-hybridized carbons (Fsp3) is 1.00. The lowest BCUT2D eigenvalue weighted by molar-refractivity contribution is 0.00711. The van der Waals surface area contributed by atoms with E-state index in [0.29, 0.717) is 6.04 Å². The lowest BCUT2D eigenvalue weighted by Gasteiger charge is -2.33. The highest BCUT2D eigenvalue weighted by Crippen LogP contribution is 2.27. The van der Waals surface area contributed by atoms with Crippen molar-refractivity contribution in [3.8, 4) is 0 Å². The third-order valence-corrected chi connectivity index (χ3v) is 4.29. The first-order valence-corrected chi connectivity index (χ1v) is 7.28. The van der Waals surface area contributed by atoms with Crippen LogP contribution in [0.3, 0.4) is 0 Å². The van der Waals surface area contributed by atoms with Crippen molar-refractivity contribution in [1.29, 1.82) is 0 Å².